The highest BCUT2D eigenvalue weighted by Gasteiger charge is 2.44. The third-order valence-corrected chi connectivity index (χ3v) is 6.17. The molecule has 5 heteroatoms. The maximum atomic E-state index is 13.9. The molecule has 1 unspecified atom stereocenters. The van der Waals surface area contributed by atoms with E-state index in [2.05, 4.69) is 19.2 Å². The Kier molecular flexibility index (Phi) is 4.77. The van der Waals surface area contributed by atoms with Gasteiger partial charge in [0.25, 0.3) is 5.91 Å². The Balaban J connectivity index is 1.79. The second kappa shape index (κ2) is 7.52. The molecule has 1 atom stereocenters. The molecule has 2 aliphatic rings. The maximum Gasteiger partial charge on any atom is 0.259 e. The molecule has 2 aromatic carbocycles. The predicted octanol–water partition coefficient (Wildman–Crippen LogP) is 6.04. The van der Waals surface area contributed by atoms with Crippen molar-refractivity contribution in [1.82, 2.24) is 0 Å². The van der Waals surface area contributed by atoms with Gasteiger partial charge in [-0.15, -0.1) is 0 Å². The highest BCUT2D eigenvalue weighted by atomic mass is 16.3. The number of nitrogens with zero attached hydrogens (tertiary/aromatic N) is 1. The lowest BCUT2D eigenvalue weighted by molar-refractivity contribution is -0.118. The molecule has 0 saturated heterocycles. The number of carbonyl (C=O) groups excluding carboxylic acids is 2. The lowest BCUT2D eigenvalue weighted by atomic mass is 9.74. The summed E-state index contributed by atoms with van der Waals surface area (Å²) >= 11 is 0. The Labute approximate surface area is 187 Å². The Bertz CT molecular complexity index is 1240. The largest absolute Gasteiger partial charge is 0.464 e. The second-order valence-corrected chi connectivity index (χ2v) is 9.37. The van der Waals surface area contributed by atoms with E-state index in [0.717, 1.165) is 22.8 Å². The highest BCUT2D eigenvalue weighted by Crippen LogP contribution is 2.48. The third-order valence-electron chi connectivity index (χ3n) is 6.17. The average Bonchev–Trinajstić information content (AvgIpc) is 3.12. The molecule has 0 saturated carbocycles. The lowest BCUT2D eigenvalue weighted by Crippen LogP contribution is -2.39. The SMILES string of the molecule is Cc1ccc(C2C3=C(CC(C)(C)CC3=O)Nc3ccccc3N2C(=O)c2ccccc2)o1. The quantitative estimate of drug-likeness (QED) is 0.542. The number of allylic oxidation sites excluding steroid dienone is 1. The van der Waals surface area contributed by atoms with E-state index >= 15 is 0 Å². The smallest absolute Gasteiger partial charge is 0.259 e. The molecule has 162 valence electrons. The van der Waals surface area contributed by atoms with Gasteiger partial charge in [0.15, 0.2) is 5.78 Å². The van der Waals surface area contributed by atoms with E-state index in [4.69, 9.17) is 4.42 Å². The van der Waals surface area contributed by atoms with Crippen molar-refractivity contribution >= 4 is 23.1 Å². The van der Waals surface area contributed by atoms with Gasteiger partial charge in [-0.1, -0.05) is 44.2 Å². The summed E-state index contributed by atoms with van der Waals surface area (Å²) in [6.07, 6.45) is 1.14. The molecule has 0 radical (unpaired) electrons. The summed E-state index contributed by atoms with van der Waals surface area (Å²) in [5.41, 5.74) is 3.39. The second-order valence-electron chi connectivity index (χ2n) is 9.37. The predicted molar refractivity (Wildman–Crippen MR) is 125 cm³/mol. The normalized spacial score (nSPS) is 19.7. The van der Waals surface area contributed by atoms with Crippen LogP contribution in [0.5, 0.6) is 0 Å². The van der Waals surface area contributed by atoms with Gasteiger partial charge in [0.2, 0.25) is 0 Å². The Morgan fingerprint density at radius 2 is 1.72 bits per heavy atom. The molecule has 0 bridgehead atoms. The first-order valence-electron chi connectivity index (χ1n) is 10.9. The number of anilines is 2. The fraction of sp³-hybridized carbons (Fsp3) is 0.259. The van der Waals surface area contributed by atoms with Crippen molar-refractivity contribution in [3.8, 4) is 0 Å². The van der Waals surface area contributed by atoms with Gasteiger partial charge in [-0.3, -0.25) is 14.5 Å². The molecular weight excluding hydrogens is 400 g/mol. The summed E-state index contributed by atoms with van der Waals surface area (Å²) < 4.78 is 6.05. The summed E-state index contributed by atoms with van der Waals surface area (Å²) in [5.74, 6) is 1.20. The van der Waals surface area contributed by atoms with Crippen molar-refractivity contribution in [2.75, 3.05) is 10.2 Å². The summed E-state index contributed by atoms with van der Waals surface area (Å²) in [6.45, 7) is 6.08. The minimum Gasteiger partial charge on any atom is -0.464 e. The molecule has 0 fully saturated rings. The summed E-state index contributed by atoms with van der Waals surface area (Å²) in [5, 5.41) is 3.51. The van der Waals surface area contributed by atoms with Gasteiger partial charge in [-0.05, 0) is 55.2 Å². The average molecular weight is 427 g/mol. The number of amides is 1. The van der Waals surface area contributed by atoms with E-state index in [1.807, 2.05) is 61.5 Å². The van der Waals surface area contributed by atoms with Crippen molar-refractivity contribution in [2.24, 2.45) is 5.41 Å². The van der Waals surface area contributed by atoms with E-state index in [1.165, 1.54) is 0 Å². The molecule has 0 spiro atoms. The van der Waals surface area contributed by atoms with Crippen LogP contribution in [0.2, 0.25) is 0 Å². The Morgan fingerprint density at radius 3 is 2.44 bits per heavy atom. The van der Waals surface area contributed by atoms with E-state index in [-0.39, 0.29) is 17.1 Å². The van der Waals surface area contributed by atoms with Crippen molar-refractivity contribution in [2.45, 2.75) is 39.7 Å². The monoisotopic (exact) mass is 426 g/mol. The van der Waals surface area contributed by atoms with E-state index in [0.29, 0.717) is 29.7 Å². The number of hydrogen-bond acceptors (Lipinski definition) is 4. The zero-order valence-electron chi connectivity index (χ0n) is 18.5. The van der Waals surface area contributed by atoms with Crippen LogP contribution in [0, 0.1) is 12.3 Å². The van der Waals surface area contributed by atoms with Gasteiger partial charge in [0, 0.05) is 23.3 Å². The first-order valence-corrected chi connectivity index (χ1v) is 10.9. The zero-order valence-corrected chi connectivity index (χ0v) is 18.5. The number of fused-ring (bicyclic) bond motifs is 1. The number of aryl methyl sites for hydroxylation is 1. The number of furan rings is 1. The topological polar surface area (TPSA) is 62.6 Å². The van der Waals surface area contributed by atoms with Crippen LogP contribution in [0.4, 0.5) is 11.4 Å². The van der Waals surface area contributed by atoms with Crippen LogP contribution >= 0.6 is 0 Å². The minimum absolute atomic E-state index is 0.0430. The molecule has 1 N–H and O–H groups in total. The van der Waals surface area contributed by atoms with Gasteiger partial charge in [0.05, 0.1) is 11.4 Å². The van der Waals surface area contributed by atoms with Crippen LogP contribution in [0.15, 0.2) is 82.4 Å². The van der Waals surface area contributed by atoms with Crippen LogP contribution in [0.3, 0.4) is 0 Å². The molecule has 2 heterocycles. The van der Waals surface area contributed by atoms with Crippen LogP contribution in [-0.4, -0.2) is 11.7 Å². The molecule has 1 amide bonds. The summed E-state index contributed by atoms with van der Waals surface area (Å²) in [4.78, 5) is 29.2. The number of carbonyl (C=O) groups is 2. The van der Waals surface area contributed by atoms with Crippen molar-refractivity contribution < 1.29 is 14.0 Å². The van der Waals surface area contributed by atoms with Crippen LogP contribution in [-0.2, 0) is 4.79 Å². The van der Waals surface area contributed by atoms with Gasteiger partial charge in [0.1, 0.15) is 17.6 Å². The number of Topliss-reactive ketones (excluding diaryl/α,β-unsaturated/α-hetero) is 1. The Morgan fingerprint density at radius 1 is 1.00 bits per heavy atom. The molecule has 5 nitrogen and oxygen atoms in total. The van der Waals surface area contributed by atoms with Crippen LogP contribution < -0.4 is 10.2 Å². The standard InChI is InChI=1S/C27H26N2O3/c1-17-13-14-23(32-17)25-24-20(15-27(2,3)16-22(24)30)28-19-11-7-8-12-21(19)29(25)26(31)18-9-5-4-6-10-18/h4-14,25,28H,15-16H2,1-3H3. The number of para-hydroxylation sites is 2. The summed E-state index contributed by atoms with van der Waals surface area (Å²) in [7, 11) is 0. The van der Waals surface area contributed by atoms with Crippen LogP contribution in [0.25, 0.3) is 0 Å². The number of rotatable bonds is 2. The van der Waals surface area contributed by atoms with E-state index in [1.54, 1.807) is 17.0 Å². The van der Waals surface area contributed by atoms with E-state index < -0.39 is 6.04 Å². The molecule has 1 aromatic heterocycles. The fourth-order valence-corrected chi connectivity index (χ4v) is 4.80. The minimum atomic E-state index is -0.647. The molecule has 1 aliphatic heterocycles. The van der Waals surface area contributed by atoms with Crippen molar-refractivity contribution in [1.29, 1.82) is 0 Å². The number of hydrogen-bond donors (Lipinski definition) is 1. The van der Waals surface area contributed by atoms with Crippen molar-refractivity contribution in [3.05, 3.63) is 95.1 Å². The fourth-order valence-electron chi connectivity index (χ4n) is 4.80. The van der Waals surface area contributed by atoms with Gasteiger partial charge in [-0.2, -0.15) is 0 Å². The zero-order chi connectivity index (χ0) is 22.5. The van der Waals surface area contributed by atoms with Crippen LogP contribution in [0.1, 0.15) is 54.6 Å². The molecular formula is C27H26N2O3. The third kappa shape index (κ3) is 3.44. The molecule has 32 heavy (non-hydrogen) atoms. The summed E-state index contributed by atoms with van der Waals surface area (Å²) in [6, 6.07) is 20.0. The molecule has 5 rings (SSSR count). The van der Waals surface area contributed by atoms with Gasteiger partial charge in [-0.25, -0.2) is 0 Å². The molecule has 1 aliphatic carbocycles. The highest BCUT2D eigenvalue weighted by molar-refractivity contribution is 6.11. The maximum absolute atomic E-state index is 13.9. The number of ketones is 1. The molecule has 3 aromatic rings. The first-order chi connectivity index (χ1) is 15.3. The first kappa shape index (κ1) is 20.3. The number of nitrogens with one attached hydrogen (secondary N) is 1. The Hall–Kier alpha value is -3.60. The van der Waals surface area contributed by atoms with Crippen molar-refractivity contribution in [3.63, 3.8) is 0 Å². The van der Waals surface area contributed by atoms with Gasteiger partial charge < -0.3 is 9.73 Å². The lowest BCUT2D eigenvalue weighted by Gasteiger charge is -2.36. The van der Waals surface area contributed by atoms with Gasteiger partial charge >= 0.3 is 0 Å². The number of benzene rings is 2. The van der Waals surface area contributed by atoms with E-state index in [9.17, 15) is 9.59 Å².